The van der Waals surface area contributed by atoms with E-state index in [1.807, 2.05) is 0 Å². The summed E-state index contributed by atoms with van der Waals surface area (Å²) in [6.45, 7) is 14.8. The third kappa shape index (κ3) is 3.95. The summed E-state index contributed by atoms with van der Waals surface area (Å²) >= 11 is 0. The summed E-state index contributed by atoms with van der Waals surface area (Å²) in [6, 6.07) is 6.34. The van der Waals surface area contributed by atoms with Gasteiger partial charge in [0.1, 0.15) is 11.4 Å². The summed E-state index contributed by atoms with van der Waals surface area (Å²) in [5, 5.41) is 0. The molecule has 0 saturated heterocycles. The van der Waals surface area contributed by atoms with Crippen molar-refractivity contribution < 1.29 is 4.74 Å². The van der Waals surface area contributed by atoms with Gasteiger partial charge in [-0.2, -0.15) is 0 Å². The van der Waals surface area contributed by atoms with E-state index < -0.39 is 0 Å². The SMILES string of the molecule is CCN(CC)c1ccc(OC(C)(C)C)cc1C. The van der Waals surface area contributed by atoms with E-state index in [-0.39, 0.29) is 5.60 Å². The highest BCUT2D eigenvalue weighted by molar-refractivity contribution is 5.55. The molecule has 0 radical (unpaired) electrons. The van der Waals surface area contributed by atoms with Crippen LogP contribution in [0.2, 0.25) is 0 Å². The van der Waals surface area contributed by atoms with Gasteiger partial charge in [0.15, 0.2) is 0 Å². The van der Waals surface area contributed by atoms with Crippen molar-refractivity contribution in [2.75, 3.05) is 18.0 Å². The summed E-state index contributed by atoms with van der Waals surface area (Å²) in [5.74, 6) is 0.950. The molecule has 96 valence electrons. The minimum atomic E-state index is -0.136. The van der Waals surface area contributed by atoms with Crippen molar-refractivity contribution >= 4 is 5.69 Å². The first-order valence-corrected chi connectivity index (χ1v) is 6.42. The van der Waals surface area contributed by atoms with Crippen LogP contribution in [0.3, 0.4) is 0 Å². The predicted molar refractivity (Wildman–Crippen MR) is 75.1 cm³/mol. The standard InChI is InChI=1S/C15H25NO/c1-7-16(8-2)14-10-9-13(11-12(14)3)17-15(4,5)6/h9-11H,7-8H2,1-6H3. The van der Waals surface area contributed by atoms with Crippen molar-refractivity contribution in [3.63, 3.8) is 0 Å². The highest BCUT2D eigenvalue weighted by Crippen LogP contribution is 2.26. The number of ether oxygens (including phenoxy) is 1. The molecule has 0 aromatic heterocycles. The van der Waals surface area contributed by atoms with Gasteiger partial charge in [0, 0.05) is 18.8 Å². The molecule has 2 nitrogen and oxygen atoms in total. The molecule has 1 aromatic carbocycles. The minimum Gasteiger partial charge on any atom is -0.488 e. The predicted octanol–water partition coefficient (Wildman–Crippen LogP) is 4.02. The zero-order valence-electron chi connectivity index (χ0n) is 12.0. The molecule has 0 aliphatic rings. The maximum Gasteiger partial charge on any atom is 0.120 e. The summed E-state index contributed by atoms with van der Waals surface area (Å²) in [4.78, 5) is 2.36. The Morgan fingerprint density at radius 2 is 1.71 bits per heavy atom. The number of benzene rings is 1. The zero-order valence-corrected chi connectivity index (χ0v) is 12.0. The molecule has 0 bridgehead atoms. The van der Waals surface area contributed by atoms with Crippen LogP contribution in [0, 0.1) is 6.92 Å². The summed E-state index contributed by atoms with van der Waals surface area (Å²) in [6.07, 6.45) is 0. The zero-order chi connectivity index (χ0) is 13.1. The van der Waals surface area contributed by atoms with Crippen LogP contribution in [0.25, 0.3) is 0 Å². The molecule has 0 fully saturated rings. The molecular weight excluding hydrogens is 210 g/mol. The van der Waals surface area contributed by atoms with Gasteiger partial charge >= 0.3 is 0 Å². The minimum absolute atomic E-state index is 0.136. The Labute approximate surface area is 106 Å². The van der Waals surface area contributed by atoms with Gasteiger partial charge in [0.05, 0.1) is 0 Å². The fraction of sp³-hybridized carbons (Fsp3) is 0.600. The second-order valence-electron chi connectivity index (χ2n) is 5.34. The first-order valence-electron chi connectivity index (χ1n) is 6.42. The second kappa shape index (κ2) is 5.44. The van der Waals surface area contributed by atoms with E-state index in [4.69, 9.17) is 4.74 Å². The van der Waals surface area contributed by atoms with Gasteiger partial charge in [-0.15, -0.1) is 0 Å². The first-order chi connectivity index (χ1) is 7.87. The molecule has 0 unspecified atom stereocenters. The van der Waals surface area contributed by atoms with Crippen LogP contribution in [-0.4, -0.2) is 18.7 Å². The van der Waals surface area contributed by atoms with Crippen LogP contribution < -0.4 is 9.64 Å². The highest BCUT2D eigenvalue weighted by atomic mass is 16.5. The van der Waals surface area contributed by atoms with E-state index in [0.717, 1.165) is 18.8 Å². The molecule has 0 aliphatic heterocycles. The Morgan fingerprint density at radius 3 is 2.12 bits per heavy atom. The molecule has 2 heteroatoms. The normalized spacial score (nSPS) is 11.4. The molecule has 0 spiro atoms. The lowest BCUT2D eigenvalue weighted by molar-refractivity contribution is 0.131. The largest absolute Gasteiger partial charge is 0.488 e. The Hall–Kier alpha value is -1.18. The van der Waals surface area contributed by atoms with Crippen LogP contribution >= 0.6 is 0 Å². The van der Waals surface area contributed by atoms with Gasteiger partial charge in [0.2, 0.25) is 0 Å². The molecule has 0 amide bonds. The van der Waals surface area contributed by atoms with E-state index in [0.29, 0.717) is 0 Å². The fourth-order valence-corrected chi connectivity index (χ4v) is 1.96. The van der Waals surface area contributed by atoms with Crippen LogP contribution in [0.1, 0.15) is 40.2 Å². The fourth-order valence-electron chi connectivity index (χ4n) is 1.96. The molecule has 0 N–H and O–H groups in total. The molecule has 0 heterocycles. The van der Waals surface area contributed by atoms with Gasteiger partial charge < -0.3 is 9.64 Å². The van der Waals surface area contributed by atoms with Crippen molar-refractivity contribution in [1.29, 1.82) is 0 Å². The maximum absolute atomic E-state index is 5.87. The maximum atomic E-state index is 5.87. The summed E-state index contributed by atoms with van der Waals surface area (Å²) in [7, 11) is 0. The lowest BCUT2D eigenvalue weighted by atomic mass is 10.1. The number of aryl methyl sites for hydroxylation is 1. The number of hydrogen-bond acceptors (Lipinski definition) is 2. The number of hydrogen-bond donors (Lipinski definition) is 0. The van der Waals surface area contributed by atoms with Gasteiger partial charge in [-0.05, 0) is 65.3 Å². The van der Waals surface area contributed by atoms with Crippen LogP contribution in [-0.2, 0) is 0 Å². The van der Waals surface area contributed by atoms with Crippen LogP contribution in [0.5, 0.6) is 5.75 Å². The number of anilines is 1. The van der Waals surface area contributed by atoms with E-state index in [1.54, 1.807) is 0 Å². The Balaban J connectivity index is 2.93. The van der Waals surface area contributed by atoms with Crippen LogP contribution in [0.4, 0.5) is 5.69 Å². The van der Waals surface area contributed by atoms with E-state index in [9.17, 15) is 0 Å². The molecule has 1 rings (SSSR count). The molecule has 0 aliphatic carbocycles. The second-order valence-corrected chi connectivity index (χ2v) is 5.34. The van der Waals surface area contributed by atoms with Gasteiger partial charge in [0.25, 0.3) is 0 Å². The summed E-state index contributed by atoms with van der Waals surface area (Å²) < 4.78 is 5.87. The van der Waals surface area contributed by atoms with Gasteiger partial charge in [-0.25, -0.2) is 0 Å². The van der Waals surface area contributed by atoms with Crippen molar-refractivity contribution in [1.82, 2.24) is 0 Å². The highest BCUT2D eigenvalue weighted by Gasteiger charge is 2.13. The lowest BCUT2D eigenvalue weighted by Gasteiger charge is -2.25. The van der Waals surface area contributed by atoms with Crippen LogP contribution in [0.15, 0.2) is 18.2 Å². The molecule has 0 saturated carbocycles. The van der Waals surface area contributed by atoms with Crippen molar-refractivity contribution in [3.8, 4) is 5.75 Å². The van der Waals surface area contributed by atoms with E-state index in [2.05, 4.69) is 64.6 Å². The third-order valence-corrected chi connectivity index (χ3v) is 2.70. The van der Waals surface area contributed by atoms with Crippen molar-refractivity contribution in [2.24, 2.45) is 0 Å². The van der Waals surface area contributed by atoms with Gasteiger partial charge in [-0.3, -0.25) is 0 Å². The smallest absolute Gasteiger partial charge is 0.120 e. The lowest BCUT2D eigenvalue weighted by Crippen LogP contribution is -2.24. The monoisotopic (exact) mass is 235 g/mol. The Bertz CT molecular complexity index is 362. The average molecular weight is 235 g/mol. The van der Waals surface area contributed by atoms with Crippen molar-refractivity contribution in [3.05, 3.63) is 23.8 Å². The molecule has 0 atom stereocenters. The first kappa shape index (κ1) is 13.9. The summed E-state index contributed by atoms with van der Waals surface area (Å²) in [5.41, 5.74) is 2.44. The number of nitrogens with zero attached hydrogens (tertiary/aromatic N) is 1. The van der Waals surface area contributed by atoms with E-state index >= 15 is 0 Å². The third-order valence-electron chi connectivity index (χ3n) is 2.70. The number of rotatable bonds is 4. The van der Waals surface area contributed by atoms with Crippen molar-refractivity contribution in [2.45, 2.75) is 47.1 Å². The Morgan fingerprint density at radius 1 is 1.12 bits per heavy atom. The van der Waals surface area contributed by atoms with E-state index in [1.165, 1.54) is 11.3 Å². The Kier molecular flexibility index (Phi) is 4.44. The topological polar surface area (TPSA) is 12.5 Å². The average Bonchev–Trinajstić information content (AvgIpc) is 2.20. The molecule has 1 aromatic rings. The van der Waals surface area contributed by atoms with Gasteiger partial charge in [-0.1, -0.05) is 0 Å². The molecular formula is C15H25NO. The molecule has 17 heavy (non-hydrogen) atoms. The quantitative estimate of drug-likeness (QED) is 0.781.